The summed E-state index contributed by atoms with van der Waals surface area (Å²) in [5.74, 6) is 8.00. The fourth-order valence-corrected chi connectivity index (χ4v) is 0.0351. The van der Waals surface area contributed by atoms with Crippen LogP contribution < -0.4 is 11.7 Å². The number of hydrogen-bond donors (Lipinski definition) is 2. The predicted octanol–water partition coefficient (Wildman–Crippen LogP) is -1.83. The van der Waals surface area contributed by atoms with Crippen molar-refractivity contribution in [1.29, 1.82) is 0 Å². The molecule has 0 heterocycles. The Kier molecular flexibility index (Phi) is 11.5. The van der Waals surface area contributed by atoms with Crippen LogP contribution in [0.4, 0.5) is 0 Å². The number of carbonyl (C=O) groups is 1. The third-order valence-electron chi connectivity index (χ3n) is 0.129. The lowest BCUT2D eigenvalue weighted by Crippen LogP contribution is -2.02. The van der Waals surface area contributed by atoms with Crippen molar-refractivity contribution in [3.63, 3.8) is 0 Å². The van der Waals surface area contributed by atoms with Gasteiger partial charge >= 0.3 is 5.09 Å². The van der Waals surface area contributed by atoms with Crippen molar-refractivity contribution in [2.24, 2.45) is 11.7 Å². The van der Waals surface area contributed by atoms with E-state index >= 15 is 0 Å². The van der Waals surface area contributed by atoms with Gasteiger partial charge in [-0.05, 0) is 0 Å². The Morgan fingerprint density at radius 1 is 1.62 bits per heavy atom. The van der Waals surface area contributed by atoms with E-state index in [0.29, 0.717) is 0 Å². The van der Waals surface area contributed by atoms with Crippen LogP contribution in [0.5, 0.6) is 0 Å². The average molecular weight is 123 g/mol. The Labute approximate surface area is 44.3 Å². The molecular weight excluding hydrogens is 118 g/mol. The van der Waals surface area contributed by atoms with Crippen LogP contribution in [0.25, 0.3) is 0 Å². The predicted molar refractivity (Wildman–Crippen MR) is 22.5 cm³/mol. The molecule has 0 amide bonds. The van der Waals surface area contributed by atoms with E-state index in [1.807, 2.05) is 0 Å². The summed E-state index contributed by atoms with van der Waals surface area (Å²) in [7, 11) is 0. The molecule has 48 valence electrons. The molecule has 7 heteroatoms. The van der Waals surface area contributed by atoms with Crippen molar-refractivity contribution in [1.82, 2.24) is 0 Å². The van der Waals surface area contributed by atoms with E-state index in [1.165, 1.54) is 0 Å². The molecule has 0 aliphatic carbocycles. The van der Waals surface area contributed by atoms with Crippen LogP contribution in [0.3, 0.4) is 0 Å². The third kappa shape index (κ3) is 21.5. The molecule has 4 N–H and O–H groups in total. The highest BCUT2D eigenvalue weighted by molar-refractivity contribution is 5.35. The number of carbonyl (C=O) groups excluding carboxylic acids is 1. The monoisotopic (exact) mass is 123 g/mol. The van der Waals surface area contributed by atoms with Crippen molar-refractivity contribution in [2.45, 2.75) is 0 Å². The lowest BCUT2D eigenvalue weighted by molar-refractivity contribution is -0.726. The van der Waals surface area contributed by atoms with Crippen LogP contribution in [0.15, 0.2) is 0 Å². The minimum atomic E-state index is -1.19. The molecular formula is CH5N3O4. The second-order valence-corrected chi connectivity index (χ2v) is 0.425. The van der Waals surface area contributed by atoms with Crippen molar-refractivity contribution in [2.75, 3.05) is 0 Å². The highest BCUT2D eigenvalue weighted by Gasteiger charge is 1.84. The zero-order valence-electron chi connectivity index (χ0n) is 3.81. The van der Waals surface area contributed by atoms with Gasteiger partial charge in [0.1, 0.15) is 0 Å². The number of rotatable bonds is 2. The van der Waals surface area contributed by atoms with Gasteiger partial charge in [-0.2, -0.15) is 0 Å². The smallest absolute Gasteiger partial charge is 0.274 e. The van der Waals surface area contributed by atoms with Gasteiger partial charge in [0.2, 0.25) is 0 Å². The largest absolute Gasteiger partial charge is 0.302 e. The molecule has 0 aromatic rings. The third-order valence-corrected chi connectivity index (χ3v) is 0.129. The van der Waals surface area contributed by atoms with Crippen LogP contribution >= 0.6 is 0 Å². The van der Waals surface area contributed by atoms with Gasteiger partial charge in [0.05, 0.1) is 0 Å². The minimum Gasteiger partial charge on any atom is -0.274 e. The van der Waals surface area contributed by atoms with E-state index in [-0.39, 0.29) is 6.47 Å². The van der Waals surface area contributed by atoms with E-state index < -0.39 is 5.09 Å². The van der Waals surface area contributed by atoms with E-state index in [0.717, 1.165) is 0 Å². The van der Waals surface area contributed by atoms with Crippen molar-refractivity contribution < 1.29 is 14.7 Å². The topological polar surface area (TPSA) is 121 Å². The first-order valence-electron chi connectivity index (χ1n) is 1.35. The second-order valence-electron chi connectivity index (χ2n) is 0.425. The maximum atomic E-state index is 8.95. The van der Waals surface area contributed by atoms with Crippen molar-refractivity contribution in [3.05, 3.63) is 10.1 Å². The maximum absolute atomic E-state index is 8.95. The summed E-state index contributed by atoms with van der Waals surface area (Å²) in [5.41, 5.74) is 0. The van der Waals surface area contributed by atoms with Crippen LogP contribution in [0, 0.1) is 10.1 Å². The molecule has 0 rings (SSSR count). The zero-order chi connectivity index (χ0) is 6.99. The van der Waals surface area contributed by atoms with Crippen LogP contribution in [0.1, 0.15) is 0 Å². The summed E-state index contributed by atoms with van der Waals surface area (Å²) >= 11 is 0. The van der Waals surface area contributed by atoms with Crippen molar-refractivity contribution >= 4 is 6.47 Å². The lowest BCUT2D eigenvalue weighted by Gasteiger charge is -1.73. The van der Waals surface area contributed by atoms with Gasteiger partial charge in [-0.1, -0.05) is 0 Å². The SMILES string of the molecule is NN.O=CO[N+](=O)[O-]. The van der Waals surface area contributed by atoms with Crippen molar-refractivity contribution in [3.8, 4) is 0 Å². The number of hydrogen-bond acceptors (Lipinski definition) is 6. The van der Waals surface area contributed by atoms with E-state index in [9.17, 15) is 0 Å². The number of nitrogens with two attached hydrogens (primary N) is 2. The van der Waals surface area contributed by atoms with E-state index in [4.69, 9.17) is 14.9 Å². The summed E-state index contributed by atoms with van der Waals surface area (Å²) in [5, 5.41) is 7.76. The molecule has 0 bridgehead atoms. The van der Waals surface area contributed by atoms with Gasteiger partial charge in [-0.3, -0.25) is 16.5 Å². The van der Waals surface area contributed by atoms with Gasteiger partial charge in [0.25, 0.3) is 6.47 Å². The Hall–Kier alpha value is -1.21. The second kappa shape index (κ2) is 9.25. The first-order valence-corrected chi connectivity index (χ1v) is 1.35. The molecule has 0 radical (unpaired) electrons. The van der Waals surface area contributed by atoms with Crippen LogP contribution in [-0.2, 0) is 9.63 Å². The molecule has 0 saturated heterocycles. The van der Waals surface area contributed by atoms with Gasteiger partial charge in [-0.25, -0.2) is 4.84 Å². The molecule has 7 nitrogen and oxygen atoms in total. The van der Waals surface area contributed by atoms with E-state index in [1.54, 1.807) is 0 Å². The summed E-state index contributed by atoms with van der Waals surface area (Å²) in [4.78, 5) is 21.0. The Balaban J connectivity index is 0. The van der Waals surface area contributed by atoms with Crippen LogP contribution in [-0.4, -0.2) is 11.6 Å². The van der Waals surface area contributed by atoms with Gasteiger partial charge < -0.3 is 0 Å². The Bertz CT molecular complexity index is 71.7. The molecule has 8 heavy (non-hydrogen) atoms. The average Bonchev–Trinajstić information content (AvgIpc) is 1.72. The van der Waals surface area contributed by atoms with E-state index in [2.05, 4.69) is 16.5 Å². The highest BCUT2D eigenvalue weighted by atomic mass is 17.0. The molecule has 0 saturated carbocycles. The van der Waals surface area contributed by atoms with Crippen LogP contribution in [0.2, 0.25) is 0 Å². The highest BCUT2D eigenvalue weighted by Crippen LogP contribution is 1.60. The fraction of sp³-hybridized carbons (Fsp3) is 0. The Morgan fingerprint density at radius 3 is 2.00 bits per heavy atom. The van der Waals surface area contributed by atoms with Gasteiger partial charge in [0, 0.05) is 0 Å². The standard InChI is InChI=1S/CHNO4.H4N2/c3-1-6-2(4)5;1-2/h1H;1-2H2. The Morgan fingerprint density at radius 2 is 2.00 bits per heavy atom. The summed E-state index contributed by atoms with van der Waals surface area (Å²) < 4.78 is 0. The maximum Gasteiger partial charge on any atom is 0.302 e. The normalized spacial score (nSPS) is 5.75. The molecule has 0 aromatic heterocycles. The molecule has 0 aliphatic heterocycles. The molecule has 0 aromatic carbocycles. The summed E-state index contributed by atoms with van der Waals surface area (Å²) in [6, 6.07) is 0. The summed E-state index contributed by atoms with van der Waals surface area (Å²) in [6.45, 7) is -0.250. The molecule has 0 unspecified atom stereocenters. The molecule has 0 aliphatic rings. The minimum absolute atomic E-state index is 0.250. The number of hydrazine groups is 1. The fourth-order valence-electron chi connectivity index (χ4n) is 0.0351. The van der Waals surface area contributed by atoms with Gasteiger partial charge in [0.15, 0.2) is 0 Å². The first kappa shape index (κ1) is 9.92. The quantitative estimate of drug-likeness (QED) is 0.193. The first-order chi connectivity index (χ1) is 3.77. The zero-order valence-corrected chi connectivity index (χ0v) is 3.81. The molecule has 0 atom stereocenters. The lowest BCUT2D eigenvalue weighted by atomic mass is 11.6. The molecule has 0 fully saturated rings. The summed E-state index contributed by atoms with van der Waals surface area (Å²) in [6.07, 6.45) is 0. The molecule has 0 spiro atoms. The number of nitrogens with zero attached hydrogens (tertiary/aromatic N) is 1. The van der Waals surface area contributed by atoms with Gasteiger partial charge in [-0.15, -0.1) is 10.1 Å².